The number of carbonyl (C=O) groups is 1. The van der Waals surface area contributed by atoms with Gasteiger partial charge in [0.15, 0.2) is 0 Å². The highest BCUT2D eigenvalue weighted by Gasteiger charge is 2.49. The number of carbonyl (C=O) groups excluding carboxylic acids is 1. The van der Waals surface area contributed by atoms with E-state index in [1.54, 1.807) is 11.3 Å². The molecule has 2 saturated carbocycles. The first-order valence-electron chi connectivity index (χ1n) is 6.20. The zero-order valence-electron chi connectivity index (χ0n) is 9.67. The van der Waals surface area contributed by atoms with Gasteiger partial charge in [-0.3, -0.25) is 4.79 Å². The first kappa shape index (κ1) is 11.2. The van der Waals surface area contributed by atoms with E-state index in [4.69, 9.17) is 10.5 Å². The second kappa shape index (κ2) is 4.42. The number of fused-ring (bicyclic) bond motifs is 2. The van der Waals surface area contributed by atoms with Gasteiger partial charge in [-0.15, -0.1) is 11.3 Å². The Kier molecular flexibility index (Phi) is 2.92. The van der Waals surface area contributed by atoms with Gasteiger partial charge in [0.05, 0.1) is 5.92 Å². The first-order chi connectivity index (χ1) is 8.25. The lowest BCUT2D eigenvalue weighted by Crippen LogP contribution is -2.40. The van der Waals surface area contributed by atoms with Crippen molar-refractivity contribution in [3.8, 4) is 0 Å². The third-order valence-corrected chi connectivity index (χ3v) is 5.04. The van der Waals surface area contributed by atoms with E-state index >= 15 is 0 Å². The first-order valence-corrected chi connectivity index (χ1v) is 7.08. The average Bonchev–Trinajstić information content (AvgIpc) is 3.02. The van der Waals surface area contributed by atoms with Crippen molar-refractivity contribution in [2.75, 3.05) is 0 Å². The molecule has 1 heterocycles. The van der Waals surface area contributed by atoms with Crippen LogP contribution in [0.2, 0.25) is 0 Å². The van der Waals surface area contributed by atoms with E-state index in [1.807, 2.05) is 17.5 Å². The van der Waals surface area contributed by atoms with Gasteiger partial charge in [-0.25, -0.2) is 0 Å². The highest BCUT2D eigenvalue weighted by molar-refractivity contribution is 7.09. The normalized spacial score (nSPS) is 35.1. The summed E-state index contributed by atoms with van der Waals surface area (Å²) in [6, 6.07) is 3.99. The summed E-state index contributed by atoms with van der Waals surface area (Å²) in [5.74, 6) is 0.900. The van der Waals surface area contributed by atoms with Gasteiger partial charge in [0.2, 0.25) is 0 Å². The van der Waals surface area contributed by atoms with Gasteiger partial charge in [-0.05, 0) is 42.5 Å². The van der Waals surface area contributed by atoms with Crippen LogP contribution >= 0.6 is 11.3 Å². The maximum absolute atomic E-state index is 12.0. The maximum atomic E-state index is 12.0. The number of rotatable bonds is 3. The molecule has 3 rings (SSSR count). The summed E-state index contributed by atoms with van der Waals surface area (Å²) in [6.45, 7) is 0.400. The number of thiophene rings is 1. The Labute approximate surface area is 105 Å². The number of esters is 1. The maximum Gasteiger partial charge on any atom is 0.311 e. The van der Waals surface area contributed by atoms with Crippen molar-refractivity contribution in [1.82, 2.24) is 0 Å². The molecule has 2 bridgehead atoms. The average molecular weight is 251 g/mol. The molecule has 2 N–H and O–H groups in total. The third kappa shape index (κ3) is 2.00. The molecule has 4 heteroatoms. The van der Waals surface area contributed by atoms with Crippen molar-refractivity contribution in [3.05, 3.63) is 22.4 Å². The molecule has 92 valence electrons. The third-order valence-electron chi connectivity index (χ3n) is 4.19. The molecule has 0 amide bonds. The van der Waals surface area contributed by atoms with Crippen LogP contribution in [0.1, 0.15) is 24.1 Å². The molecule has 3 nitrogen and oxygen atoms in total. The molecule has 2 fully saturated rings. The SMILES string of the molecule is NC1C2CCC(C2)C1C(=O)OCc1cccs1. The summed E-state index contributed by atoms with van der Waals surface area (Å²) in [4.78, 5) is 13.1. The highest BCUT2D eigenvalue weighted by atomic mass is 32.1. The second-order valence-corrected chi connectivity index (χ2v) is 6.16. The second-order valence-electron chi connectivity index (χ2n) is 5.12. The Hall–Kier alpha value is -0.870. The minimum atomic E-state index is -0.0851. The van der Waals surface area contributed by atoms with Gasteiger partial charge in [-0.2, -0.15) is 0 Å². The van der Waals surface area contributed by atoms with Crippen LogP contribution in [0.25, 0.3) is 0 Å². The Morgan fingerprint density at radius 2 is 2.29 bits per heavy atom. The lowest BCUT2D eigenvalue weighted by atomic mass is 9.85. The van der Waals surface area contributed by atoms with Crippen LogP contribution in [-0.2, 0) is 16.1 Å². The van der Waals surface area contributed by atoms with E-state index in [1.165, 1.54) is 6.42 Å². The minimum Gasteiger partial charge on any atom is -0.460 e. The van der Waals surface area contributed by atoms with Crippen molar-refractivity contribution in [2.45, 2.75) is 31.9 Å². The van der Waals surface area contributed by atoms with E-state index in [0.29, 0.717) is 18.4 Å². The number of hydrogen-bond acceptors (Lipinski definition) is 4. The molecule has 4 unspecified atom stereocenters. The van der Waals surface area contributed by atoms with E-state index in [-0.39, 0.29) is 17.9 Å². The van der Waals surface area contributed by atoms with E-state index < -0.39 is 0 Å². The molecular weight excluding hydrogens is 234 g/mol. The summed E-state index contributed by atoms with van der Waals surface area (Å²) < 4.78 is 5.38. The molecule has 2 aliphatic carbocycles. The van der Waals surface area contributed by atoms with Crippen molar-refractivity contribution < 1.29 is 9.53 Å². The smallest absolute Gasteiger partial charge is 0.311 e. The highest BCUT2D eigenvalue weighted by Crippen LogP contribution is 2.48. The lowest BCUT2D eigenvalue weighted by Gasteiger charge is -2.26. The van der Waals surface area contributed by atoms with Gasteiger partial charge in [0.25, 0.3) is 0 Å². The largest absolute Gasteiger partial charge is 0.460 e. The fourth-order valence-electron chi connectivity index (χ4n) is 3.32. The summed E-state index contributed by atoms with van der Waals surface area (Å²) in [5, 5.41) is 1.99. The molecular formula is C13H17NO2S. The molecule has 0 aliphatic heterocycles. The van der Waals surface area contributed by atoms with Crippen molar-refractivity contribution in [1.29, 1.82) is 0 Å². The van der Waals surface area contributed by atoms with Crippen molar-refractivity contribution in [3.63, 3.8) is 0 Å². The lowest BCUT2D eigenvalue weighted by molar-refractivity contribution is -0.152. The monoisotopic (exact) mass is 251 g/mol. The fourth-order valence-corrected chi connectivity index (χ4v) is 3.93. The number of nitrogens with two attached hydrogens (primary N) is 1. The standard InChI is InChI=1S/C13H17NO2S/c14-12-9-4-3-8(6-9)11(12)13(15)16-7-10-2-1-5-17-10/h1-2,5,8-9,11-12H,3-4,6-7,14H2. The van der Waals surface area contributed by atoms with E-state index in [0.717, 1.165) is 17.7 Å². The Bertz CT molecular complexity index is 402. The summed E-state index contributed by atoms with van der Waals surface area (Å²) in [7, 11) is 0. The molecule has 1 aromatic rings. The van der Waals surface area contributed by atoms with Gasteiger partial charge < -0.3 is 10.5 Å². The summed E-state index contributed by atoms with van der Waals surface area (Å²) >= 11 is 1.62. The van der Waals surface area contributed by atoms with Gasteiger partial charge in [0, 0.05) is 10.9 Å². The van der Waals surface area contributed by atoms with E-state index in [9.17, 15) is 4.79 Å². The molecule has 1 aromatic heterocycles. The molecule has 0 saturated heterocycles. The van der Waals surface area contributed by atoms with Crippen LogP contribution in [0.15, 0.2) is 17.5 Å². The summed E-state index contributed by atoms with van der Waals surface area (Å²) in [6.07, 6.45) is 3.47. The van der Waals surface area contributed by atoms with Crippen LogP contribution in [-0.4, -0.2) is 12.0 Å². The zero-order chi connectivity index (χ0) is 11.8. The molecule has 0 radical (unpaired) electrons. The van der Waals surface area contributed by atoms with Crippen LogP contribution in [0, 0.1) is 17.8 Å². The molecule has 2 aliphatic rings. The van der Waals surface area contributed by atoms with Crippen LogP contribution in [0.4, 0.5) is 0 Å². The van der Waals surface area contributed by atoms with Crippen LogP contribution in [0.5, 0.6) is 0 Å². The zero-order valence-corrected chi connectivity index (χ0v) is 10.5. The molecule has 0 aromatic carbocycles. The molecule has 17 heavy (non-hydrogen) atoms. The summed E-state index contributed by atoms with van der Waals surface area (Å²) in [5.41, 5.74) is 6.12. The number of ether oxygens (including phenoxy) is 1. The Morgan fingerprint density at radius 1 is 1.47 bits per heavy atom. The predicted molar refractivity (Wildman–Crippen MR) is 66.4 cm³/mol. The Morgan fingerprint density at radius 3 is 2.94 bits per heavy atom. The van der Waals surface area contributed by atoms with Crippen molar-refractivity contribution >= 4 is 17.3 Å². The molecule has 4 atom stereocenters. The van der Waals surface area contributed by atoms with Gasteiger partial charge in [0.1, 0.15) is 6.61 Å². The van der Waals surface area contributed by atoms with Crippen LogP contribution in [0.3, 0.4) is 0 Å². The predicted octanol–water partition coefficient (Wildman–Crippen LogP) is 2.16. The van der Waals surface area contributed by atoms with Gasteiger partial charge >= 0.3 is 5.97 Å². The fraction of sp³-hybridized carbons (Fsp3) is 0.615. The van der Waals surface area contributed by atoms with Crippen LogP contribution < -0.4 is 5.73 Å². The Balaban J connectivity index is 1.59. The van der Waals surface area contributed by atoms with Crippen molar-refractivity contribution in [2.24, 2.45) is 23.5 Å². The quantitative estimate of drug-likeness (QED) is 0.838. The van der Waals surface area contributed by atoms with E-state index in [2.05, 4.69) is 0 Å². The van der Waals surface area contributed by atoms with Gasteiger partial charge in [-0.1, -0.05) is 6.07 Å². The topological polar surface area (TPSA) is 52.3 Å². The molecule has 0 spiro atoms. The minimum absolute atomic E-state index is 0.0320. The number of hydrogen-bond donors (Lipinski definition) is 1.